The highest BCUT2D eigenvalue weighted by atomic mass is 16.3. The Morgan fingerprint density at radius 3 is 1.60 bits per heavy atom. The van der Waals surface area contributed by atoms with Crippen molar-refractivity contribution in [3.8, 4) is 44.5 Å². The summed E-state index contributed by atoms with van der Waals surface area (Å²) in [6.45, 7) is 4.69. The SMILES string of the molecule is CC1(C)c2ccccc2-c2ccc(N(c3ccc(-c4ccccc4)cc3)c3ccc4c(c3)oc3cc(-c5ccc(-c6ccccc6)cc5)c5ccccc5c34)cc21. The highest BCUT2D eigenvalue weighted by molar-refractivity contribution is 6.22. The third kappa shape index (κ3) is 5.40. The van der Waals surface area contributed by atoms with Gasteiger partial charge in [-0.3, -0.25) is 0 Å². The zero-order valence-corrected chi connectivity index (χ0v) is 31.9. The van der Waals surface area contributed by atoms with Crippen LogP contribution >= 0.6 is 0 Å². The number of benzene rings is 9. The minimum Gasteiger partial charge on any atom is -0.456 e. The van der Waals surface area contributed by atoms with Crippen molar-refractivity contribution in [2.75, 3.05) is 4.90 Å². The molecule has 1 aromatic heterocycles. The van der Waals surface area contributed by atoms with Crippen LogP contribution in [-0.4, -0.2) is 0 Å². The Kier molecular flexibility index (Phi) is 7.55. The first-order valence-electron chi connectivity index (χ1n) is 19.8. The van der Waals surface area contributed by atoms with Crippen LogP contribution < -0.4 is 4.90 Å². The van der Waals surface area contributed by atoms with Crippen molar-refractivity contribution in [2.24, 2.45) is 0 Å². The van der Waals surface area contributed by atoms with Crippen molar-refractivity contribution in [3.05, 3.63) is 211 Å². The Morgan fingerprint density at radius 2 is 0.877 bits per heavy atom. The van der Waals surface area contributed by atoms with Gasteiger partial charge in [0.25, 0.3) is 0 Å². The van der Waals surface area contributed by atoms with Gasteiger partial charge in [0, 0.05) is 39.3 Å². The molecule has 1 aliphatic carbocycles. The highest BCUT2D eigenvalue weighted by Gasteiger charge is 2.35. The van der Waals surface area contributed by atoms with E-state index in [0.29, 0.717) is 0 Å². The number of rotatable bonds is 6. The molecule has 0 aliphatic heterocycles. The molecule has 1 heterocycles. The summed E-state index contributed by atoms with van der Waals surface area (Å²) in [6, 6.07) is 72.4. The van der Waals surface area contributed by atoms with E-state index < -0.39 is 0 Å². The smallest absolute Gasteiger partial charge is 0.137 e. The number of fused-ring (bicyclic) bond motifs is 8. The average molecular weight is 730 g/mol. The number of hydrogen-bond acceptors (Lipinski definition) is 2. The largest absolute Gasteiger partial charge is 0.456 e. The van der Waals surface area contributed by atoms with Crippen molar-refractivity contribution in [2.45, 2.75) is 19.3 Å². The molecule has 0 radical (unpaired) electrons. The second kappa shape index (κ2) is 13.0. The van der Waals surface area contributed by atoms with Gasteiger partial charge >= 0.3 is 0 Å². The predicted octanol–water partition coefficient (Wildman–Crippen LogP) is 15.5. The van der Waals surface area contributed by atoms with Crippen LogP contribution in [0.5, 0.6) is 0 Å². The second-order valence-electron chi connectivity index (χ2n) is 15.7. The van der Waals surface area contributed by atoms with Crippen molar-refractivity contribution in [1.29, 1.82) is 0 Å². The van der Waals surface area contributed by atoms with Gasteiger partial charge in [-0.05, 0) is 109 Å². The van der Waals surface area contributed by atoms with Gasteiger partial charge in [0.15, 0.2) is 0 Å². The maximum atomic E-state index is 6.88. The fourth-order valence-corrected chi connectivity index (χ4v) is 9.19. The van der Waals surface area contributed by atoms with Crippen molar-refractivity contribution in [3.63, 3.8) is 0 Å². The topological polar surface area (TPSA) is 16.4 Å². The van der Waals surface area contributed by atoms with Crippen LogP contribution in [0.3, 0.4) is 0 Å². The maximum absolute atomic E-state index is 6.88. The van der Waals surface area contributed by atoms with Crippen molar-refractivity contribution in [1.82, 2.24) is 0 Å². The summed E-state index contributed by atoms with van der Waals surface area (Å²) in [7, 11) is 0. The fourth-order valence-electron chi connectivity index (χ4n) is 9.19. The number of hydrogen-bond donors (Lipinski definition) is 0. The summed E-state index contributed by atoms with van der Waals surface area (Å²) in [4.78, 5) is 2.37. The molecule has 0 saturated carbocycles. The molecule has 2 nitrogen and oxygen atoms in total. The van der Waals surface area contributed by atoms with E-state index in [4.69, 9.17) is 4.42 Å². The van der Waals surface area contributed by atoms with Gasteiger partial charge in [-0.25, -0.2) is 0 Å². The van der Waals surface area contributed by atoms with E-state index in [0.717, 1.165) is 39.0 Å². The molecule has 57 heavy (non-hydrogen) atoms. The molecule has 0 bridgehead atoms. The van der Waals surface area contributed by atoms with Crippen molar-refractivity contribution >= 4 is 49.8 Å². The Morgan fingerprint density at radius 1 is 0.351 bits per heavy atom. The Bertz CT molecular complexity index is 3120. The monoisotopic (exact) mass is 729 g/mol. The van der Waals surface area contributed by atoms with Gasteiger partial charge in [-0.2, -0.15) is 0 Å². The van der Waals surface area contributed by atoms with Crippen LogP contribution in [0.2, 0.25) is 0 Å². The Labute approximate surface area is 332 Å². The van der Waals surface area contributed by atoms with Gasteiger partial charge in [0.1, 0.15) is 11.2 Å². The third-order valence-corrected chi connectivity index (χ3v) is 12.1. The summed E-state index contributed by atoms with van der Waals surface area (Å²) in [5, 5.41) is 4.66. The van der Waals surface area contributed by atoms with Gasteiger partial charge in [-0.15, -0.1) is 0 Å². The molecule has 0 spiro atoms. The van der Waals surface area contributed by atoms with E-state index in [-0.39, 0.29) is 5.41 Å². The Hall–Kier alpha value is -7.16. The van der Waals surface area contributed by atoms with Crippen LogP contribution in [0.15, 0.2) is 205 Å². The first-order chi connectivity index (χ1) is 28.0. The predicted molar refractivity (Wildman–Crippen MR) is 240 cm³/mol. The van der Waals surface area contributed by atoms with Gasteiger partial charge in [-0.1, -0.05) is 166 Å². The third-order valence-electron chi connectivity index (χ3n) is 12.1. The summed E-state index contributed by atoms with van der Waals surface area (Å²) < 4.78 is 6.88. The summed E-state index contributed by atoms with van der Waals surface area (Å²) in [5.74, 6) is 0. The molecule has 0 atom stereocenters. The minimum absolute atomic E-state index is 0.117. The lowest BCUT2D eigenvalue weighted by molar-refractivity contribution is 0.660. The van der Waals surface area contributed by atoms with Crippen LogP contribution in [0.4, 0.5) is 17.1 Å². The van der Waals surface area contributed by atoms with Crippen LogP contribution in [0.25, 0.3) is 77.2 Å². The lowest BCUT2D eigenvalue weighted by Gasteiger charge is -2.28. The number of furan rings is 1. The molecule has 0 amide bonds. The molecule has 10 aromatic rings. The van der Waals surface area contributed by atoms with E-state index in [1.165, 1.54) is 66.4 Å². The standard InChI is InChI=1S/C55H39NO/c1-55(2)50-20-12-11-18-45(50)46-31-29-42(33-51(46)55)56(41-27-25-39(26-28-41)37-15-7-4-8-16-37)43-30-32-48-52(34-43)57-53-35-49(44-17-9-10-19-47(44)54(48)53)40-23-21-38(22-24-40)36-13-5-3-6-14-36/h3-35H,1-2H3. The number of anilines is 3. The molecule has 270 valence electrons. The first-order valence-corrected chi connectivity index (χ1v) is 19.8. The maximum Gasteiger partial charge on any atom is 0.137 e. The van der Waals surface area contributed by atoms with Gasteiger partial charge in [0.2, 0.25) is 0 Å². The fraction of sp³-hybridized carbons (Fsp3) is 0.0545. The van der Waals surface area contributed by atoms with Crippen molar-refractivity contribution < 1.29 is 4.42 Å². The average Bonchev–Trinajstić information content (AvgIpc) is 3.75. The molecule has 0 unspecified atom stereocenters. The summed E-state index contributed by atoms with van der Waals surface area (Å²) in [5.41, 5.74) is 17.4. The minimum atomic E-state index is -0.117. The molecule has 0 N–H and O–H groups in total. The van der Waals surface area contributed by atoms with E-state index in [9.17, 15) is 0 Å². The molecule has 0 fully saturated rings. The second-order valence-corrected chi connectivity index (χ2v) is 15.7. The molecule has 9 aromatic carbocycles. The lowest BCUT2D eigenvalue weighted by atomic mass is 9.82. The zero-order chi connectivity index (χ0) is 38.1. The van der Waals surface area contributed by atoms with E-state index in [1.54, 1.807) is 0 Å². The first kappa shape index (κ1) is 33.2. The summed E-state index contributed by atoms with van der Waals surface area (Å²) in [6.07, 6.45) is 0. The molecule has 11 rings (SSSR count). The Balaban J connectivity index is 1.06. The molecular formula is C55H39NO. The normalized spacial score (nSPS) is 12.9. The highest BCUT2D eigenvalue weighted by Crippen LogP contribution is 2.51. The summed E-state index contributed by atoms with van der Waals surface area (Å²) >= 11 is 0. The zero-order valence-electron chi connectivity index (χ0n) is 31.9. The molecule has 1 aliphatic rings. The van der Waals surface area contributed by atoms with Crippen LogP contribution in [-0.2, 0) is 5.41 Å². The molecule has 0 saturated heterocycles. The van der Waals surface area contributed by atoms with Crippen LogP contribution in [0, 0.1) is 0 Å². The van der Waals surface area contributed by atoms with E-state index in [2.05, 4.69) is 219 Å². The van der Waals surface area contributed by atoms with Gasteiger partial charge < -0.3 is 9.32 Å². The number of nitrogens with zero attached hydrogens (tertiary/aromatic N) is 1. The quantitative estimate of drug-likeness (QED) is 0.169. The van der Waals surface area contributed by atoms with Gasteiger partial charge in [0.05, 0.1) is 0 Å². The molecule has 2 heteroatoms. The van der Waals surface area contributed by atoms with E-state index >= 15 is 0 Å². The lowest BCUT2D eigenvalue weighted by Crippen LogP contribution is -2.16. The van der Waals surface area contributed by atoms with E-state index in [1.807, 2.05) is 0 Å². The van der Waals surface area contributed by atoms with Crippen LogP contribution in [0.1, 0.15) is 25.0 Å². The molecular weight excluding hydrogens is 691 g/mol.